The molecule has 0 spiro atoms. The minimum atomic E-state index is -2.48. The van der Waals surface area contributed by atoms with E-state index in [-0.39, 0.29) is 31.1 Å². The normalized spacial score (nSPS) is 10.6. The van der Waals surface area contributed by atoms with Crippen LogP contribution in [0.3, 0.4) is 0 Å². The highest BCUT2D eigenvalue weighted by Gasteiger charge is 2.13. The monoisotopic (exact) mass is 307 g/mol. The van der Waals surface area contributed by atoms with Crippen molar-refractivity contribution >= 4 is 23.6 Å². The highest BCUT2D eigenvalue weighted by atomic mass is 32.2. The molecule has 0 bridgehead atoms. The first-order chi connectivity index (χ1) is 9.52. The maximum absolute atomic E-state index is 12.0. The van der Waals surface area contributed by atoms with Crippen LogP contribution >= 0.6 is 11.8 Å². The average molecular weight is 307 g/mol. The second-order valence-electron chi connectivity index (χ2n) is 3.65. The lowest BCUT2D eigenvalue weighted by atomic mass is 10.4. The van der Waals surface area contributed by atoms with Crippen molar-refractivity contribution in [2.75, 3.05) is 13.2 Å². The van der Waals surface area contributed by atoms with Gasteiger partial charge in [0.1, 0.15) is 5.76 Å². The molecule has 0 aliphatic rings. The molecule has 0 fully saturated rings. The summed E-state index contributed by atoms with van der Waals surface area (Å²) >= 11 is 0.417. The second kappa shape index (κ2) is 8.57. The van der Waals surface area contributed by atoms with E-state index >= 15 is 0 Å². The van der Waals surface area contributed by atoms with Gasteiger partial charge in [-0.15, -0.1) is 0 Å². The fourth-order valence-corrected chi connectivity index (χ4v) is 1.77. The molecule has 1 amide bonds. The Morgan fingerprint density at radius 1 is 1.45 bits per heavy atom. The first-order valence-corrected chi connectivity index (χ1v) is 7.00. The number of hydrogen-bond acceptors (Lipinski definition) is 5. The molecule has 5 nitrogen and oxygen atoms in total. The Morgan fingerprint density at radius 2 is 2.20 bits per heavy atom. The number of thioether (sulfide) groups is 1. The average Bonchev–Trinajstić information content (AvgIpc) is 2.85. The third-order valence-electron chi connectivity index (χ3n) is 2.16. The van der Waals surface area contributed by atoms with Crippen molar-refractivity contribution in [3.05, 3.63) is 23.7 Å². The van der Waals surface area contributed by atoms with Gasteiger partial charge in [-0.3, -0.25) is 9.59 Å². The molecule has 0 saturated heterocycles. The molecule has 1 heterocycles. The Kier molecular flexibility index (Phi) is 7.06. The van der Waals surface area contributed by atoms with Crippen LogP contribution in [-0.4, -0.2) is 30.8 Å². The van der Waals surface area contributed by atoms with E-state index in [0.717, 1.165) is 0 Å². The van der Waals surface area contributed by atoms with Crippen LogP contribution in [-0.2, 0) is 15.3 Å². The van der Waals surface area contributed by atoms with Gasteiger partial charge in [0, 0.05) is 6.54 Å². The van der Waals surface area contributed by atoms with E-state index in [9.17, 15) is 18.4 Å². The predicted octanol–water partition coefficient (Wildman–Crippen LogP) is 2.42. The number of amides is 1. The molecule has 0 radical (unpaired) electrons. The molecule has 112 valence electrons. The van der Waals surface area contributed by atoms with Gasteiger partial charge in [-0.05, 0) is 19.1 Å². The summed E-state index contributed by atoms with van der Waals surface area (Å²) < 4.78 is 33.8. The molecule has 0 aromatic carbocycles. The Labute approximate surface area is 119 Å². The SMILES string of the molecule is CCOC(=O)CCNC(=O)c1ccc(CSC(F)F)o1. The van der Waals surface area contributed by atoms with Crippen LogP contribution in [0.5, 0.6) is 0 Å². The van der Waals surface area contributed by atoms with Crippen molar-refractivity contribution in [1.29, 1.82) is 0 Å². The number of carbonyl (C=O) groups excluding carboxylic acids is 2. The Hall–Kier alpha value is -1.57. The first-order valence-electron chi connectivity index (χ1n) is 5.95. The molecule has 0 aliphatic carbocycles. The first kappa shape index (κ1) is 16.5. The van der Waals surface area contributed by atoms with Crippen LogP contribution in [0, 0.1) is 0 Å². The molecule has 1 aromatic heterocycles. The molecule has 1 rings (SSSR count). The smallest absolute Gasteiger partial charge is 0.307 e. The van der Waals surface area contributed by atoms with E-state index in [1.165, 1.54) is 12.1 Å². The largest absolute Gasteiger partial charge is 0.466 e. The number of carbonyl (C=O) groups is 2. The summed E-state index contributed by atoms with van der Waals surface area (Å²) in [6, 6.07) is 2.87. The summed E-state index contributed by atoms with van der Waals surface area (Å²) in [6.45, 7) is 2.11. The van der Waals surface area contributed by atoms with Gasteiger partial charge < -0.3 is 14.5 Å². The third kappa shape index (κ3) is 6.05. The Morgan fingerprint density at radius 3 is 2.85 bits per heavy atom. The van der Waals surface area contributed by atoms with Crippen LogP contribution in [0.2, 0.25) is 0 Å². The summed E-state index contributed by atoms with van der Waals surface area (Å²) in [7, 11) is 0. The highest BCUT2D eigenvalue weighted by Crippen LogP contribution is 2.21. The summed E-state index contributed by atoms with van der Waals surface area (Å²) in [5.41, 5.74) is 0. The lowest BCUT2D eigenvalue weighted by Crippen LogP contribution is -2.26. The van der Waals surface area contributed by atoms with Gasteiger partial charge in [0.05, 0.1) is 18.8 Å². The number of halogens is 2. The van der Waals surface area contributed by atoms with Crippen molar-refractivity contribution in [1.82, 2.24) is 5.32 Å². The zero-order valence-electron chi connectivity index (χ0n) is 10.9. The zero-order valence-corrected chi connectivity index (χ0v) is 11.7. The van der Waals surface area contributed by atoms with Crippen LogP contribution in [0.15, 0.2) is 16.5 Å². The molecule has 8 heteroatoms. The Balaban J connectivity index is 2.34. The van der Waals surface area contributed by atoms with E-state index < -0.39 is 17.6 Å². The lowest BCUT2D eigenvalue weighted by Gasteiger charge is -2.03. The van der Waals surface area contributed by atoms with E-state index in [1.807, 2.05) is 0 Å². The van der Waals surface area contributed by atoms with Gasteiger partial charge in [-0.1, -0.05) is 11.8 Å². The quantitative estimate of drug-likeness (QED) is 0.747. The van der Waals surface area contributed by atoms with Gasteiger partial charge >= 0.3 is 5.97 Å². The molecule has 0 saturated carbocycles. The topological polar surface area (TPSA) is 68.5 Å². The van der Waals surface area contributed by atoms with Crippen LogP contribution in [0.4, 0.5) is 8.78 Å². The van der Waals surface area contributed by atoms with Gasteiger partial charge in [0.2, 0.25) is 0 Å². The Bertz CT molecular complexity index is 450. The van der Waals surface area contributed by atoms with Crippen molar-refractivity contribution in [3.63, 3.8) is 0 Å². The molecule has 1 N–H and O–H groups in total. The summed E-state index contributed by atoms with van der Waals surface area (Å²) in [5, 5.41) is 2.48. The summed E-state index contributed by atoms with van der Waals surface area (Å²) in [4.78, 5) is 22.7. The fraction of sp³-hybridized carbons (Fsp3) is 0.500. The molecular formula is C12H15F2NO4S. The maximum atomic E-state index is 12.0. The minimum Gasteiger partial charge on any atom is -0.466 e. The van der Waals surface area contributed by atoms with E-state index in [0.29, 0.717) is 17.5 Å². The van der Waals surface area contributed by atoms with Crippen LogP contribution in [0.1, 0.15) is 29.7 Å². The number of rotatable bonds is 8. The number of ether oxygens (including phenoxy) is 1. The van der Waals surface area contributed by atoms with Crippen molar-refractivity contribution < 1.29 is 27.5 Å². The van der Waals surface area contributed by atoms with Gasteiger partial charge in [-0.2, -0.15) is 8.78 Å². The molecular weight excluding hydrogens is 292 g/mol. The fourth-order valence-electron chi connectivity index (χ4n) is 1.32. The number of furan rings is 1. The minimum absolute atomic E-state index is 0.00618. The second-order valence-corrected chi connectivity index (χ2v) is 4.63. The van der Waals surface area contributed by atoms with Gasteiger partial charge in [0.15, 0.2) is 5.76 Å². The predicted molar refractivity (Wildman–Crippen MR) is 69.6 cm³/mol. The van der Waals surface area contributed by atoms with E-state index in [2.05, 4.69) is 5.32 Å². The molecule has 0 aliphatic heterocycles. The highest BCUT2D eigenvalue weighted by molar-refractivity contribution is 7.98. The van der Waals surface area contributed by atoms with E-state index in [4.69, 9.17) is 9.15 Å². The molecule has 0 unspecified atom stereocenters. The van der Waals surface area contributed by atoms with Gasteiger partial charge in [-0.25, -0.2) is 0 Å². The van der Waals surface area contributed by atoms with Crippen molar-refractivity contribution in [2.24, 2.45) is 0 Å². The van der Waals surface area contributed by atoms with Crippen LogP contribution in [0.25, 0.3) is 0 Å². The van der Waals surface area contributed by atoms with Crippen molar-refractivity contribution in [3.8, 4) is 0 Å². The van der Waals surface area contributed by atoms with Crippen LogP contribution < -0.4 is 5.32 Å². The summed E-state index contributed by atoms with van der Waals surface area (Å²) in [5.74, 6) is -3.07. The van der Waals surface area contributed by atoms with Crippen molar-refractivity contribution in [2.45, 2.75) is 24.9 Å². The van der Waals surface area contributed by atoms with Gasteiger partial charge in [0.25, 0.3) is 11.7 Å². The molecule has 1 aromatic rings. The lowest BCUT2D eigenvalue weighted by molar-refractivity contribution is -0.142. The maximum Gasteiger partial charge on any atom is 0.307 e. The number of esters is 1. The van der Waals surface area contributed by atoms with E-state index in [1.54, 1.807) is 6.92 Å². The number of nitrogens with one attached hydrogen (secondary N) is 1. The number of hydrogen-bond donors (Lipinski definition) is 1. The molecule has 0 atom stereocenters. The molecule has 20 heavy (non-hydrogen) atoms. The zero-order chi connectivity index (χ0) is 15.0. The summed E-state index contributed by atoms with van der Waals surface area (Å²) in [6.07, 6.45) is 0.0639. The standard InChI is InChI=1S/C12H15F2NO4S/c1-2-18-10(16)5-6-15-11(17)9-4-3-8(19-9)7-20-12(13)14/h3-4,12H,2,5-7H2,1H3,(H,15,17). The third-order valence-corrected chi connectivity index (χ3v) is 2.86. The number of alkyl halides is 2.